The third-order valence-electron chi connectivity index (χ3n) is 2.36. The Morgan fingerprint density at radius 2 is 1.89 bits per heavy atom. The van der Waals surface area contributed by atoms with E-state index >= 15 is 0 Å². The topological polar surface area (TPSA) is 85.1 Å². The van der Waals surface area contributed by atoms with Gasteiger partial charge in [-0.05, 0) is 45.8 Å². The van der Waals surface area contributed by atoms with E-state index in [4.69, 9.17) is 5.73 Å². The molecular formula is C12H12BrN3O2S. The maximum Gasteiger partial charge on any atom is 0.237 e. The Morgan fingerprint density at radius 1 is 1.21 bits per heavy atom. The van der Waals surface area contributed by atoms with Crippen LogP contribution in [0.1, 0.15) is 5.56 Å². The number of pyridine rings is 1. The number of benzene rings is 1. The van der Waals surface area contributed by atoms with Crippen molar-refractivity contribution in [2.75, 3.05) is 10.5 Å². The van der Waals surface area contributed by atoms with Crippen molar-refractivity contribution in [3.8, 4) is 0 Å². The fourth-order valence-electron chi connectivity index (χ4n) is 1.50. The summed E-state index contributed by atoms with van der Waals surface area (Å²) in [4.78, 5) is 3.96. The summed E-state index contributed by atoms with van der Waals surface area (Å²) in [6, 6.07) is 10.0. The molecule has 0 fully saturated rings. The Morgan fingerprint density at radius 3 is 2.53 bits per heavy atom. The first-order chi connectivity index (χ1) is 8.96. The summed E-state index contributed by atoms with van der Waals surface area (Å²) in [6.45, 7) is 0. The molecule has 19 heavy (non-hydrogen) atoms. The van der Waals surface area contributed by atoms with Gasteiger partial charge < -0.3 is 5.73 Å². The van der Waals surface area contributed by atoms with Crippen molar-refractivity contribution in [3.63, 3.8) is 0 Å². The summed E-state index contributed by atoms with van der Waals surface area (Å²) in [7, 11) is -3.48. The van der Waals surface area contributed by atoms with Crippen LogP contribution < -0.4 is 10.5 Å². The quantitative estimate of drug-likeness (QED) is 0.660. The molecule has 0 atom stereocenters. The SMILES string of the molecule is Nc1ccc(CS(=O)(=O)Nc2cccnc2Br)cc1. The maximum atomic E-state index is 12.0. The van der Waals surface area contributed by atoms with Gasteiger partial charge in [-0.2, -0.15) is 0 Å². The summed E-state index contributed by atoms with van der Waals surface area (Å²) in [6.07, 6.45) is 1.57. The van der Waals surface area contributed by atoms with Crippen LogP contribution in [0.25, 0.3) is 0 Å². The van der Waals surface area contributed by atoms with Crippen LogP contribution in [-0.4, -0.2) is 13.4 Å². The molecule has 0 saturated carbocycles. The largest absolute Gasteiger partial charge is 0.399 e. The highest BCUT2D eigenvalue weighted by Crippen LogP contribution is 2.20. The first-order valence-electron chi connectivity index (χ1n) is 5.42. The Labute approximate surface area is 120 Å². The van der Waals surface area contributed by atoms with E-state index < -0.39 is 10.0 Å². The maximum absolute atomic E-state index is 12.0. The number of sulfonamides is 1. The van der Waals surface area contributed by atoms with Gasteiger partial charge in [-0.25, -0.2) is 13.4 Å². The molecule has 0 aliphatic heterocycles. The molecule has 7 heteroatoms. The molecule has 3 N–H and O–H groups in total. The van der Waals surface area contributed by atoms with E-state index in [0.29, 0.717) is 21.5 Å². The van der Waals surface area contributed by atoms with E-state index in [1.54, 1.807) is 42.6 Å². The molecule has 0 unspecified atom stereocenters. The minimum absolute atomic E-state index is 0.116. The van der Waals surface area contributed by atoms with Crippen LogP contribution in [-0.2, 0) is 15.8 Å². The number of nitrogen functional groups attached to an aromatic ring is 1. The number of nitrogens with one attached hydrogen (secondary N) is 1. The third-order valence-corrected chi connectivity index (χ3v) is 4.24. The number of halogens is 1. The van der Waals surface area contributed by atoms with E-state index in [0.717, 1.165) is 0 Å². The molecule has 1 aromatic heterocycles. The van der Waals surface area contributed by atoms with Gasteiger partial charge in [-0.1, -0.05) is 12.1 Å². The number of anilines is 2. The standard InChI is InChI=1S/C12H12BrN3O2S/c13-12-11(2-1-7-15-12)16-19(17,18)8-9-3-5-10(14)6-4-9/h1-7,16H,8,14H2. The number of hydrogen-bond donors (Lipinski definition) is 2. The van der Waals surface area contributed by atoms with Gasteiger partial charge in [-0.15, -0.1) is 0 Å². The highest BCUT2D eigenvalue weighted by molar-refractivity contribution is 9.10. The third kappa shape index (κ3) is 3.93. The van der Waals surface area contributed by atoms with Gasteiger partial charge in [0.2, 0.25) is 10.0 Å². The fraction of sp³-hybridized carbons (Fsp3) is 0.0833. The summed E-state index contributed by atoms with van der Waals surface area (Å²) >= 11 is 3.19. The molecular weight excluding hydrogens is 330 g/mol. The molecule has 1 aromatic carbocycles. The van der Waals surface area contributed by atoms with Crippen molar-refractivity contribution >= 4 is 37.3 Å². The van der Waals surface area contributed by atoms with Gasteiger partial charge in [0.1, 0.15) is 4.60 Å². The summed E-state index contributed by atoms with van der Waals surface area (Å²) in [5.74, 6) is -0.116. The van der Waals surface area contributed by atoms with Gasteiger partial charge in [0.05, 0.1) is 11.4 Å². The predicted octanol–water partition coefficient (Wildman–Crippen LogP) is 2.37. The lowest BCUT2D eigenvalue weighted by molar-refractivity contribution is 0.600. The zero-order valence-corrected chi connectivity index (χ0v) is 12.3. The molecule has 0 saturated heterocycles. The van der Waals surface area contributed by atoms with E-state index in [1.807, 2.05) is 0 Å². The molecule has 2 rings (SSSR count). The zero-order chi connectivity index (χ0) is 13.9. The number of nitrogens with two attached hydrogens (primary N) is 1. The smallest absolute Gasteiger partial charge is 0.237 e. The highest BCUT2D eigenvalue weighted by Gasteiger charge is 2.13. The number of rotatable bonds is 4. The second kappa shape index (κ2) is 5.58. The van der Waals surface area contributed by atoms with Crippen LogP contribution in [0, 0.1) is 0 Å². The van der Waals surface area contributed by atoms with Crippen molar-refractivity contribution in [1.82, 2.24) is 4.98 Å². The fourth-order valence-corrected chi connectivity index (χ4v) is 3.18. The monoisotopic (exact) mass is 341 g/mol. The van der Waals surface area contributed by atoms with E-state index in [1.165, 1.54) is 0 Å². The number of hydrogen-bond acceptors (Lipinski definition) is 4. The lowest BCUT2D eigenvalue weighted by Crippen LogP contribution is -2.15. The van der Waals surface area contributed by atoms with Crippen molar-refractivity contribution in [1.29, 1.82) is 0 Å². The molecule has 0 amide bonds. The average molecular weight is 342 g/mol. The second-order valence-electron chi connectivity index (χ2n) is 3.94. The van der Waals surface area contributed by atoms with Gasteiger partial charge in [0, 0.05) is 11.9 Å². The van der Waals surface area contributed by atoms with E-state index in [9.17, 15) is 8.42 Å². The van der Waals surface area contributed by atoms with Gasteiger partial charge >= 0.3 is 0 Å². The summed E-state index contributed by atoms with van der Waals surface area (Å²) < 4.78 is 27.0. The molecule has 0 aliphatic rings. The minimum atomic E-state index is -3.48. The minimum Gasteiger partial charge on any atom is -0.399 e. The molecule has 0 spiro atoms. The lowest BCUT2D eigenvalue weighted by Gasteiger charge is -2.09. The Balaban J connectivity index is 2.15. The molecule has 100 valence electrons. The van der Waals surface area contributed by atoms with Crippen molar-refractivity contribution < 1.29 is 8.42 Å². The Kier molecular flexibility index (Phi) is 4.06. The number of aromatic nitrogens is 1. The molecule has 1 heterocycles. The van der Waals surface area contributed by atoms with Crippen LogP contribution in [0.15, 0.2) is 47.2 Å². The van der Waals surface area contributed by atoms with Crippen LogP contribution in [0.2, 0.25) is 0 Å². The Hall–Kier alpha value is -1.60. The second-order valence-corrected chi connectivity index (χ2v) is 6.42. The van der Waals surface area contributed by atoms with Gasteiger partial charge in [0.25, 0.3) is 0 Å². The van der Waals surface area contributed by atoms with Crippen LogP contribution >= 0.6 is 15.9 Å². The predicted molar refractivity (Wildman–Crippen MR) is 79.0 cm³/mol. The average Bonchev–Trinajstić information content (AvgIpc) is 2.35. The van der Waals surface area contributed by atoms with Gasteiger partial charge in [-0.3, -0.25) is 4.72 Å². The van der Waals surface area contributed by atoms with Crippen molar-refractivity contribution in [2.24, 2.45) is 0 Å². The van der Waals surface area contributed by atoms with Gasteiger partial charge in [0.15, 0.2) is 0 Å². The highest BCUT2D eigenvalue weighted by atomic mass is 79.9. The zero-order valence-electron chi connectivity index (χ0n) is 9.88. The van der Waals surface area contributed by atoms with E-state index in [2.05, 4.69) is 25.6 Å². The molecule has 0 aliphatic carbocycles. The molecule has 5 nitrogen and oxygen atoms in total. The normalized spacial score (nSPS) is 11.2. The first-order valence-corrected chi connectivity index (χ1v) is 7.86. The van der Waals surface area contributed by atoms with Crippen LogP contribution in [0.4, 0.5) is 11.4 Å². The molecule has 2 aromatic rings. The Bertz CT molecular complexity index is 672. The summed E-state index contributed by atoms with van der Waals surface area (Å²) in [5.41, 5.74) is 7.24. The molecule has 0 bridgehead atoms. The van der Waals surface area contributed by atoms with Crippen LogP contribution in [0.5, 0.6) is 0 Å². The van der Waals surface area contributed by atoms with Crippen molar-refractivity contribution in [3.05, 3.63) is 52.8 Å². The van der Waals surface area contributed by atoms with Crippen molar-refractivity contribution in [2.45, 2.75) is 5.75 Å². The summed E-state index contributed by atoms with van der Waals surface area (Å²) in [5, 5.41) is 0. The first kappa shape index (κ1) is 13.8. The number of nitrogens with zero attached hydrogens (tertiary/aromatic N) is 1. The lowest BCUT2D eigenvalue weighted by atomic mass is 10.2. The van der Waals surface area contributed by atoms with Crippen LogP contribution in [0.3, 0.4) is 0 Å². The molecule has 0 radical (unpaired) electrons. The van der Waals surface area contributed by atoms with E-state index in [-0.39, 0.29) is 5.75 Å².